The summed E-state index contributed by atoms with van der Waals surface area (Å²) in [6.45, 7) is 4.22. The van der Waals surface area contributed by atoms with Gasteiger partial charge in [-0.2, -0.15) is 0 Å². The molecule has 1 N–H and O–H groups in total. The molecule has 5 heteroatoms. The number of aliphatic carboxylic acids is 1. The zero-order chi connectivity index (χ0) is 13.5. The number of hydrogen-bond acceptors (Lipinski definition) is 3. The van der Waals surface area contributed by atoms with Crippen LogP contribution in [-0.2, 0) is 16.0 Å². The lowest BCUT2D eigenvalue weighted by molar-refractivity contribution is -0.143. The Kier molecular flexibility index (Phi) is 5.42. The summed E-state index contributed by atoms with van der Waals surface area (Å²) in [6.07, 6.45) is 2.46. The molecule has 1 amide bonds. The van der Waals surface area contributed by atoms with E-state index in [0.717, 1.165) is 5.76 Å². The van der Waals surface area contributed by atoms with Crippen LogP contribution >= 0.6 is 0 Å². The second kappa shape index (κ2) is 6.83. The first-order valence-corrected chi connectivity index (χ1v) is 6.07. The van der Waals surface area contributed by atoms with Crippen molar-refractivity contribution < 1.29 is 19.1 Å². The molecular formula is C13H19NO4. The molecule has 1 rings (SSSR count). The predicted molar refractivity (Wildman–Crippen MR) is 66.1 cm³/mol. The molecule has 1 atom stereocenters. The Morgan fingerprint density at radius 3 is 2.72 bits per heavy atom. The zero-order valence-corrected chi connectivity index (χ0v) is 10.8. The number of amides is 1. The third-order valence-corrected chi connectivity index (χ3v) is 2.82. The Balaban J connectivity index is 2.44. The SMILES string of the molecule is CCN(CC(C)C(=O)O)C(=O)CCc1ccco1. The molecular weight excluding hydrogens is 234 g/mol. The lowest BCUT2D eigenvalue weighted by Crippen LogP contribution is -2.36. The topological polar surface area (TPSA) is 70.8 Å². The number of rotatable bonds is 7. The van der Waals surface area contributed by atoms with E-state index in [4.69, 9.17) is 9.52 Å². The fraction of sp³-hybridized carbons (Fsp3) is 0.538. The number of furan rings is 1. The van der Waals surface area contributed by atoms with Gasteiger partial charge in [0, 0.05) is 25.9 Å². The third kappa shape index (κ3) is 4.24. The molecule has 0 aliphatic heterocycles. The van der Waals surface area contributed by atoms with E-state index in [1.54, 1.807) is 24.2 Å². The highest BCUT2D eigenvalue weighted by atomic mass is 16.4. The van der Waals surface area contributed by atoms with Crippen LogP contribution < -0.4 is 0 Å². The first-order chi connectivity index (χ1) is 8.54. The first-order valence-electron chi connectivity index (χ1n) is 6.07. The molecule has 0 aromatic carbocycles. The highest BCUT2D eigenvalue weighted by Crippen LogP contribution is 2.07. The van der Waals surface area contributed by atoms with E-state index >= 15 is 0 Å². The quantitative estimate of drug-likeness (QED) is 0.804. The molecule has 0 fully saturated rings. The van der Waals surface area contributed by atoms with Crippen LogP contribution in [0.3, 0.4) is 0 Å². The van der Waals surface area contributed by atoms with Crippen LogP contribution in [0.1, 0.15) is 26.0 Å². The highest BCUT2D eigenvalue weighted by molar-refractivity contribution is 5.77. The van der Waals surface area contributed by atoms with Crippen molar-refractivity contribution in [2.24, 2.45) is 5.92 Å². The van der Waals surface area contributed by atoms with Crippen molar-refractivity contribution in [2.45, 2.75) is 26.7 Å². The van der Waals surface area contributed by atoms with Gasteiger partial charge >= 0.3 is 5.97 Å². The van der Waals surface area contributed by atoms with Crippen molar-refractivity contribution >= 4 is 11.9 Å². The Morgan fingerprint density at radius 2 is 2.22 bits per heavy atom. The molecule has 0 saturated heterocycles. The molecule has 0 spiro atoms. The van der Waals surface area contributed by atoms with E-state index in [1.165, 1.54) is 0 Å². The average molecular weight is 253 g/mol. The number of carbonyl (C=O) groups excluding carboxylic acids is 1. The summed E-state index contributed by atoms with van der Waals surface area (Å²) in [4.78, 5) is 24.3. The summed E-state index contributed by atoms with van der Waals surface area (Å²) in [5.74, 6) is -0.697. The maximum absolute atomic E-state index is 11.9. The molecule has 5 nitrogen and oxygen atoms in total. The summed E-state index contributed by atoms with van der Waals surface area (Å²) in [6, 6.07) is 3.60. The largest absolute Gasteiger partial charge is 0.481 e. The van der Waals surface area contributed by atoms with E-state index in [9.17, 15) is 9.59 Å². The molecule has 1 aromatic rings. The van der Waals surface area contributed by atoms with Gasteiger partial charge in [-0.25, -0.2) is 0 Å². The minimum atomic E-state index is -0.882. The van der Waals surface area contributed by atoms with Gasteiger partial charge in [0.25, 0.3) is 0 Å². The van der Waals surface area contributed by atoms with Crippen molar-refractivity contribution in [3.8, 4) is 0 Å². The normalized spacial score (nSPS) is 12.1. The van der Waals surface area contributed by atoms with Crippen molar-refractivity contribution in [3.63, 3.8) is 0 Å². The summed E-state index contributed by atoms with van der Waals surface area (Å²) >= 11 is 0. The van der Waals surface area contributed by atoms with Gasteiger partial charge in [0.2, 0.25) is 5.91 Å². The number of aryl methyl sites for hydroxylation is 1. The maximum Gasteiger partial charge on any atom is 0.308 e. The van der Waals surface area contributed by atoms with Crippen LogP contribution in [0.2, 0.25) is 0 Å². The lowest BCUT2D eigenvalue weighted by Gasteiger charge is -2.22. The first kappa shape index (κ1) is 14.3. The number of carboxylic acids is 1. The average Bonchev–Trinajstić information content (AvgIpc) is 2.85. The highest BCUT2D eigenvalue weighted by Gasteiger charge is 2.19. The van der Waals surface area contributed by atoms with E-state index in [1.807, 2.05) is 13.0 Å². The molecule has 0 radical (unpaired) electrons. The molecule has 0 aliphatic rings. The molecule has 1 unspecified atom stereocenters. The molecule has 1 heterocycles. The Labute approximate surface area is 106 Å². The van der Waals surface area contributed by atoms with Crippen molar-refractivity contribution in [2.75, 3.05) is 13.1 Å². The van der Waals surface area contributed by atoms with Crippen molar-refractivity contribution in [3.05, 3.63) is 24.2 Å². The second-order valence-corrected chi connectivity index (χ2v) is 4.25. The fourth-order valence-electron chi connectivity index (χ4n) is 1.66. The Bertz CT molecular complexity index is 386. The van der Waals surface area contributed by atoms with Crippen LogP contribution in [-0.4, -0.2) is 35.0 Å². The van der Waals surface area contributed by atoms with E-state index in [0.29, 0.717) is 19.4 Å². The van der Waals surface area contributed by atoms with Gasteiger partial charge in [0.1, 0.15) is 5.76 Å². The third-order valence-electron chi connectivity index (χ3n) is 2.82. The smallest absolute Gasteiger partial charge is 0.308 e. The van der Waals surface area contributed by atoms with E-state index in [2.05, 4.69) is 0 Å². The Hall–Kier alpha value is -1.78. The van der Waals surface area contributed by atoms with Gasteiger partial charge in [-0.1, -0.05) is 6.92 Å². The van der Waals surface area contributed by atoms with Crippen LogP contribution in [0, 0.1) is 5.92 Å². The zero-order valence-electron chi connectivity index (χ0n) is 10.8. The summed E-state index contributed by atoms with van der Waals surface area (Å²) < 4.78 is 5.15. The summed E-state index contributed by atoms with van der Waals surface area (Å²) in [5.41, 5.74) is 0. The lowest BCUT2D eigenvalue weighted by atomic mass is 10.1. The molecule has 100 valence electrons. The van der Waals surface area contributed by atoms with Gasteiger partial charge in [0.05, 0.1) is 12.2 Å². The van der Waals surface area contributed by atoms with Gasteiger partial charge in [-0.15, -0.1) is 0 Å². The van der Waals surface area contributed by atoms with Gasteiger partial charge in [-0.3, -0.25) is 9.59 Å². The maximum atomic E-state index is 11.9. The molecule has 0 bridgehead atoms. The number of nitrogens with zero attached hydrogens (tertiary/aromatic N) is 1. The molecule has 0 aliphatic carbocycles. The van der Waals surface area contributed by atoms with Crippen LogP contribution in [0.15, 0.2) is 22.8 Å². The van der Waals surface area contributed by atoms with E-state index < -0.39 is 11.9 Å². The predicted octanol–water partition coefficient (Wildman–Crippen LogP) is 1.78. The standard InChI is InChI=1S/C13H19NO4/c1-3-14(9-10(2)13(16)17)12(15)7-6-11-5-4-8-18-11/h4-5,8,10H,3,6-7,9H2,1-2H3,(H,16,17). The summed E-state index contributed by atoms with van der Waals surface area (Å²) in [5, 5.41) is 8.84. The number of carbonyl (C=O) groups is 2. The van der Waals surface area contributed by atoms with Gasteiger partial charge in [-0.05, 0) is 19.1 Å². The van der Waals surface area contributed by atoms with Crippen LogP contribution in [0.25, 0.3) is 0 Å². The van der Waals surface area contributed by atoms with Gasteiger partial charge < -0.3 is 14.4 Å². The Morgan fingerprint density at radius 1 is 1.50 bits per heavy atom. The van der Waals surface area contributed by atoms with E-state index in [-0.39, 0.29) is 12.5 Å². The van der Waals surface area contributed by atoms with Crippen LogP contribution in [0.4, 0.5) is 0 Å². The van der Waals surface area contributed by atoms with Crippen molar-refractivity contribution in [1.29, 1.82) is 0 Å². The fourth-order valence-corrected chi connectivity index (χ4v) is 1.66. The minimum Gasteiger partial charge on any atom is -0.481 e. The number of carboxylic acid groups (broad SMARTS) is 1. The van der Waals surface area contributed by atoms with Crippen LogP contribution in [0.5, 0.6) is 0 Å². The molecule has 18 heavy (non-hydrogen) atoms. The summed E-state index contributed by atoms with van der Waals surface area (Å²) in [7, 11) is 0. The number of hydrogen-bond donors (Lipinski definition) is 1. The minimum absolute atomic E-state index is 0.0398. The molecule has 0 saturated carbocycles. The second-order valence-electron chi connectivity index (χ2n) is 4.25. The van der Waals surface area contributed by atoms with Crippen molar-refractivity contribution in [1.82, 2.24) is 4.90 Å². The molecule has 1 aromatic heterocycles. The monoisotopic (exact) mass is 253 g/mol. The van der Waals surface area contributed by atoms with Gasteiger partial charge in [0.15, 0.2) is 0 Å².